The zero-order valence-corrected chi connectivity index (χ0v) is 12.0. The van der Waals surface area contributed by atoms with Gasteiger partial charge >= 0.3 is 0 Å². The van der Waals surface area contributed by atoms with Gasteiger partial charge < -0.3 is 4.74 Å². The van der Waals surface area contributed by atoms with Gasteiger partial charge in [-0.25, -0.2) is 0 Å². The summed E-state index contributed by atoms with van der Waals surface area (Å²) >= 11 is 1.05. The van der Waals surface area contributed by atoms with E-state index >= 15 is 0 Å². The molecule has 1 heterocycles. The van der Waals surface area contributed by atoms with Gasteiger partial charge in [-0.3, -0.25) is 14.5 Å². The lowest BCUT2D eigenvalue weighted by molar-refractivity contribution is -0.125. The highest BCUT2D eigenvalue weighted by molar-refractivity contribution is 8.14. The quantitative estimate of drug-likeness (QED) is 0.864. The fourth-order valence-corrected chi connectivity index (χ4v) is 2.77. The van der Waals surface area contributed by atoms with Crippen molar-refractivity contribution in [3.8, 4) is 11.5 Å². The minimum Gasteiger partial charge on any atom is -0.457 e. The van der Waals surface area contributed by atoms with Crippen LogP contribution in [0.2, 0.25) is 0 Å². The second kappa shape index (κ2) is 6.01. The Labute approximate surface area is 126 Å². The summed E-state index contributed by atoms with van der Waals surface area (Å²) < 4.78 is 5.74. The topological polar surface area (TPSA) is 46.6 Å². The van der Waals surface area contributed by atoms with Gasteiger partial charge in [0.25, 0.3) is 5.24 Å². The molecule has 2 aromatic carbocycles. The van der Waals surface area contributed by atoms with E-state index in [4.69, 9.17) is 4.74 Å². The molecule has 106 valence electrons. The van der Waals surface area contributed by atoms with E-state index in [-0.39, 0.29) is 23.4 Å². The van der Waals surface area contributed by atoms with E-state index in [9.17, 15) is 9.59 Å². The summed E-state index contributed by atoms with van der Waals surface area (Å²) in [6.45, 7) is 0.288. The van der Waals surface area contributed by atoms with Crippen LogP contribution in [0.4, 0.5) is 4.79 Å². The number of imide groups is 1. The minimum atomic E-state index is -0.186. The van der Waals surface area contributed by atoms with Crippen LogP contribution in [0.3, 0.4) is 0 Å². The molecular formula is C16H13NO3S. The number of rotatable bonds is 4. The predicted molar refractivity (Wildman–Crippen MR) is 81.4 cm³/mol. The molecule has 0 aliphatic carbocycles. The molecule has 3 rings (SSSR count). The lowest BCUT2D eigenvalue weighted by Gasteiger charge is -2.13. The van der Waals surface area contributed by atoms with Crippen LogP contribution in [0.25, 0.3) is 0 Å². The number of carbonyl (C=O) groups excluding carboxylic acids is 2. The number of amides is 2. The van der Waals surface area contributed by atoms with Gasteiger partial charge in [-0.05, 0) is 29.8 Å². The first kappa shape index (κ1) is 13.7. The van der Waals surface area contributed by atoms with E-state index < -0.39 is 0 Å². The molecule has 4 nitrogen and oxygen atoms in total. The monoisotopic (exact) mass is 299 g/mol. The van der Waals surface area contributed by atoms with E-state index in [1.807, 2.05) is 54.6 Å². The average Bonchev–Trinajstić information content (AvgIpc) is 2.81. The van der Waals surface area contributed by atoms with Crippen molar-refractivity contribution in [3.63, 3.8) is 0 Å². The van der Waals surface area contributed by atoms with Crippen molar-refractivity contribution < 1.29 is 14.3 Å². The molecule has 1 saturated heterocycles. The van der Waals surface area contributed by atoms with Gasteiger partial charge in [-0.1, -0.05) is 42.1 Å². The van der Waals surface area contributed by atoms with Crippen molar-refractivity contribution >= 4 is 22.9 Å². The zero-order chi connectivity index (χ0) is 14.7. The molecule has 0 bridgehead atoms. The highest BCUT2D eigenvalue weighted by Crippen LogP contribution is 2.25. The first-order valence-electron chi connectivity index (χ1n) is 6.51. The van der Waals surface area contributed by atoms with Gasteiger partial charge in [0.2, 0.25) is 5.91 Å². The Morgan fingerprint density at radius 1 is 1.00 bits per heavy atom. The van der Waals surface area contributed by atoms with Crippen molar-refractivity contribution in [1.82, 2.24) is 4.90 Å². The molecule has 5 heteroatoms. The van der Waals surface area contributed by atoms with E-state index in [2.05, 4.69) is 0 Å². The van der Waals surface area contributed by atoms with Gasteiger partial charge in [0.05, 0.1) is 12.3 Å². The van der Waals surface area contributed by atoms with Crippen molar-refractivity contribution in [2.24, 2.45) is 0 Å². The highest BCUT2D eigenvalue weighted by Gasteiger charge is 2.29. The van der Waals surface area contributed by atoms with Crippen LogP contribution in [0.15, 0.2) is 54.6 Å². The van der Waals surface area contributed by atoms with Gasteiger partial charge in [-0.15, -0.1) is 0 Å². The highest BCUT2D eigenvalue weighted by atomic mass is 32.2. The summed E-state index contributed by atoms with van der Waals surface area (Å²) in [7, 11) is 0. The van der Waals surface area contributed by atoms with Gasteiger partial charge in [0.1, 0.15) is 11.5 Å². The van der Waals surface area contributed by atoms with Gasteiger partial charge in [-0.2, -0.15) is 0 Å². The molecule has 2 aromatic rings. The molecule has 0 N–H and O–H groups in total. The third-order valence-corrected chi connectivity index (χ3v) is 3.92. The normalized spacial score (nSPS) is 14.6. The number of ether oxygens (including phenoxy) is 1. The summed E-state index contributed by atoms with van der Waals surface area (Å²) in [5, 5.41) is -0.186. The maximum atomic E-state index is 11.6. The van der Waals surface area contributed by atoms with E-state index in [0.29, 0.717) is 5.75 Å². The summed E-state index contributed by atoms with van der Waals surface area (Å²) in [6.07, 6.45) is 0. The second-order valence-electron chi connectivity index (χ2n) is 4.60. The SMILES string of the molecule is O=C1CSC(=O)N1Cc1cccc(Oc2ccccc2)c1. The number of benzene rings is 2. The Balaban J connectivity index is 1.74. The third-order valence-electron chi connectivity index (χ3n) is 3.06. The first-order chi connectivity index (χ1) is 10.2. The first-order valence-corrected chi connectivity index (χ1v) is 7.50. The smallest absolute Gasteiger partial charge is 0.289 e. The molecule has 1 fully saturated rings. The third kappa shape index (κ3) is 3.25. The molecule has 0 aromatic heterocycles. The van der Waals surface area contributed by atoms with E-state index in [1.165, 1.54) is 4.90 Å². The van der Waals surface area contributed by atoms with Gasteiger partial charge in [0, 0.05) is 0 Å². The number of hydrogen-bond donors (Lipinski definition) is 0. The molecule has 1 aliphatic rings. The summed E-state index contributed by atoms with van der Waals surface area (Å²) in [5.74, 6) is 1.53. The fraction of sp³-hybridized carbons (Fsp3) is 0.125. The number of nitrogens with zero attached hydrogens (tertiary/aromatic N) is 1. The van der Waals surface area contributed by atoms with Crippen LogP contribution in [-0.2, 0) is 11.3 Å². The number of para-hydroxylation sites is 1. The Hall–Kier alpha value is -2.27. The second-order valence-corrected chi connectivity index (χ2v) is 5.52. The van der Waals surface area contributed by atoms with Crippen molar-refractivity contribution in [1.29, 1.82) is 0 Å². The summed E-state index contributed by atoms with van der Waals surface area (Å²) in [4.78, 5) is 24.5. The van der Waals surface area contributed by atoms with Crippen LogP contribution in [0, 0.1) is 0 Å². The minimum absolute atomic E-state index is 0.139. The van der Waals surface area contributed by atoms with E-state index in [0.717, 1.165) is 23.1 Å². The van der Waals surface area contributed by atoms with Crippen LogP contribution < -0.4 is 4.74 Å². The van der Waals surface area contributed by atoms with Crippen LogP contribution in [-0.4, -0.2) is 21.8 Å². The summed E-state index contributed by atoms with van der Waals surface area (Å²) in [5.41, 5.74) is 0.868. The molecule has 0 radical (unpaired) electrons. The Kier molecular flexibility index (Phi) is 3.92. The number of thioether (sulfide) groups is 1. The Morgan fingerprint density at radius 2 is 1.76 bits per heavy atom. The predicted octanol–water partition coefficient (Wildman–Crippen LogP) is 3.67. The standard InChI is InChI=1S/C16H13NO3S/c18-15-11-21-16(19)17(15)10-12-5-4-8-14(9-12)20-13-6-2-1-3-7-13/h1-9H,10-11H2. The van der Waals surface area contributed by atoms with E-state index in [1.54, 1.807) is 0 Å². The average molecular weight is 299 g/mol. The molecular weight excluding hydrogens is 286 g/mol. The zero-order valence-electron chi connectivity index (χ0n) is 11.2. The molecule has 2 amide bonds. The molecule has 0 saturated carbocycles. The maximum Gasteiger partial charge on any atom is 0.289 e. The molecule has 21 heavy (non-hydrogen) atoms. The fourth-order valence-electron chi connectivity index (χ4n) is 2.05. The number of carbonyl (C=O) groups is 2. The summed E-state index contributed by atoms with van der Waals surface area (Å²) in [6, 6.07) is 16.9. The molecule has 0 atom stereocenters. The molecule has 1 aliphatic heterocycles. The lowest BCUT2D eigenvalue weighted by Crippen LogP contribution is -2.27. The maximum absolute atomic E-state index is 11.6. The Morgan fingerprint density at radius 3 is 2.48 bits per heavy atom. The van der Waals surface area contributed by atoms with Crippen LogP contribution >= 0.6 is 11.8 Å². The Bertz CT molecular complexity index is 656. The largest absolute Gasteiger partial charge is 0.457 e. The van der Waals surface area contributed by atoms with Crippen molar-refractivity contribution in [3.05, 3.63) is 60.2 Å². The van der Waals surface area contributed by atoms with Crippen LogP contribution in [0.5, 0.6) is 11.5 Å². The lowest BCUT2D eigenvalue weighted by atomic mass is 10.2. The molecule has 0 unspecified atom stereocenters. The number of hydrogen-bond acceptors (Lipinski definition) is 4. The van der Waals surface area contributed by atoms with Crippen molar-refractivity contribution in [2.45, 2.75) is 6.54 Å². The van der Waals surface area contributed by atoms with Crippen molar-refractivity contribution in [2.75, 3.05) is 5.75 Å². The van der Waals surface area contributed by atoms with Gasteiger partial charge in [0.15, 0.2) is 0 Å². The molecule has 0 spiro atoms. The van der Waals surface area contributed by atoms with Crippen LogP contribution in [0.1, 0.15) is 5.56 Å².